The van der Waals surface area contributed by atoms with Crippen molar-refractivity contribution in [1.82, 2.24) is 4.57 Å². The third-order valence-corrected chi connectivity index (χ3v) is 7.50. The Bertz CT molecular complexity index is 1480. The highest BCUT2D eigenvalue weighted by molar-refractivity contribution is 7.07. The van der Waals surface area contributed by atoms with Gasteiger partial charge in [-0.15, -0.1) is 0 Å². The van der Waals surface area contributed by atoms with E-state index in [1.54, 1.807) is 30.5 Å². The lowest BCUT2D eigenvalue weighted by atomic mass is 9.96. The molecule has 1 aromatic heterocycles. The van der Waals surface area contributed by atoms with Gasteiger partial charge in [0.2, 0.25) is 0 Å². The van der Waals surface area contributed by atoms with Crippen LogP contribution in [0.5, 0.6) is 0 Å². The van der Waals surface area contributed by atoms with Gasteiger partial charge < -0.3 is 14.4 Å². The van der Waals surface area contributed by atoms with Crippen LogP contribution in [0.3, 0.4) is 0 Å². The molecule has 0 N–H and O–H groups in total. The first kappa shape index (κ1) is 24.5. The number of ether oxygens (including phenoxy) is 2. The Hall–Kier alpha value is -3.20. The predicted molar refractivity (Wildman–Crippen MR) is 141 cm³/mol. The topological polar surface area (TPSA) is 73.1 Å². The highest BCUT2D eigenvalue weighted by Gasteiger charge is 2.33. The number of aromatic nitrogens is 1. The van der Waals surface area contributed by atoms with Crippen LogP contribution in [0, 0.1) is 0 Å². The van der Waals surface area contributed by atoms with E-state index in [4.69, 9.17) is 21.1 Å². The molecule has 3 aromatic rings. The summed E-state index contributed by atoms with van der Waals surface area (Å²) in [6, 6.07) is 14.6. The zero-order chi connectivity index (χ0) is 25.2. The molecule has 0 spiro atoms. The number of fused-ring (bicyclic) bond motifs is 1. The van der Waals surface area contributed by atoms with Gasteiger partial charge in [0, 0.05) is 23.8 Å². The molecule has 5 rings (SSSR count). The van der Waals surface area contributed by atoms with Crippen molar-refractivity contribution in [3.63, 3.8) is 0 Å². The summed E-state index contributed by atoms with van der Waals surface area (Å²) in [4.78, 5) is 34.1. The second-order valence-electron chi connectivity index (χ2n) is 8.54. The first-order valence-corrected chi connectivity index (χ1v) is 13.0. The van der Waals surface area contributed by atoms with Gasteiger partial charge in [0.15, 0.2) is 4.80 Å². The van der Waals surface area contributed by atoms with Gasteiger partial charge in [0.05, 0.1) is 41.7 Å². The number of hydrogen-bond donors (Lipinski definition) is 0. The Kier molecular flexibility index (Phi) is 7.09. The average Bonchev–Trinajstić information content (AvgIpc) is 3.19. The number of benzene rings is 2. The van der Waals surface area contributed by atoms with E-state index < -0.39 is 12.0 Å². The van der Waals surface area contributed by atoms with Crippen molar-refractivity contribution in [2.75, 3.05) is 37.8 Å². The van der Waals surface area contributed by atoms with E-state index in [0.29, 0.717) is 25.6 Å². The maximum Gasteiger partial charge on any atom is 0.338 e. The molecule has 0 radical (unpaired) electrons. The molecule has 2 aliphatic rings. The molecular formula is C27H26ClN3O4S. The number of carbonyl (C=O) groups is 1. The number of allylic oxidation sites excluding steroid dienone is 1. The molecule has 0 amide bonds. The molecule has 3 heterocycles. The SMILES string of the molecule is CCOC(=O)C1=C(C)N=c2s/c(=C/c3ccc(N4CCOCC4)cc3)c(=O)n2[C@@H]1c1ccc(Cl)cc1. The number of halogens is 1. The number of carbonyl (C=O) groups excluding carboxylic acids is 1. The summed E-state index contributed by atoms with van der Waals surface area (Å²) in [6.45, 7) is 6.94. The minimum absolute atomic E-state index is 0.203. The standard InChI is InChI=1S/C27H26ClN3O4S/c1-3-35-26(33)23-17(2)29-27-31(24(23)19-6-8-20(28)9-7-19)25(32)22(36-27)16-18-4-10-21(11-5-18)30-12-14-34-15-13-30/h4-11,16,24H,3,12-15H2,1-2H3/b22-16+/t24-/m1/s1. The number of hydrogen-bond acceptors (Lipinski definition) is 7. The van der Waals surface area contributed by atoms with Gasteiger partial charge in [0.25, 0.3) is 5.56 Å². The minimum Gasteiger partial charge on any atom is -0.463 e. The zero-order valence-corrected chi connectivity index (χ0v) is 21.6. The van der Waals surface area contributed by atoms with Crippen molar-refractivity contribution in [1.29, 1.82) is 0 Å². The van der Waals surface area contributed by atoms with Crippen LogP contribution in [-0.2, 0) is 14.3 Å². The van der Waals surface area contributed by atoms with E-state index in [1.807, 2.05) is 30.3 Å². The molecular weight excluding hydrogens is 498 g/mol. The molecule has 1 atom stereocenters. The summed E-state index contributed by atoms with van der Waals surface area (Å²) in [7, 11) is 0. The molecule has 0 aliphatic carbocycles. The molecule has 1 saturated heterocycles. The van der Waals surface area contributed by atoms with Gasteiger partial charge in [-0.05, 0) is 55.3 Å². The number of nitrogens with zero attached hydrogens (tertiary/aromatic N) is 3. The molecule has 2 aromatic carbocycles. The highest BCUT2D eigenvalue weighted by Crippen LogP contribution is 2.31. The van der Waals surface area contributed by atoms with Crippen LogP contribution in [0.4, 0.5) is 5.69 Å². The number of rotatable bonds is 5. The first-order valence-electron chi connectivity index (χ1n) is 11.8. The quantitative estimate of drug-likeness (QED) is 0.480. The highest BCUT2D eigenvalue weighted by atomic mass is 35.5. The van der Waals surface area contributed by atoms with Gasteiger partial charge in [-0.2, -0.15) is 0 Å². The van der Waals surface area contributed by atoms with Gasteiger partial charge in [0.1, 0.15) is 0 Å². The number of thiazole rings is 1. The number of anilines is 1. The lowest BCUT2D eigenvalue weighted by Crippen LogP contribution is -2.39. The Balaban J connectivity index is 1.58. The summed E-state index contributed by atoms with van der Waals surface area (Å²) in [5, 5.41) is 0.574. The smallest absolute Gasteiger partial charge is 0.338 e. The van der Waals surface area contributed by atoms with Gasteiger partial charge >= 0.3 is 5.97 Å². The summed E-state index contributed by atoms with van der Waals surface area (Å²) < 4.78 is 12.9. The van der Waals surface area contributed by atoms with Gasteiger partial charge in [-0.3, -0.25) is 9.36 Å². The fourth-order valence-electron chi connectivity index (χ4n) is 4.51. The van der Waals surface area contributed by atoms with Crippen LogP contribution < -0.4 is 19.8 Å². The van der Waals surface area contributed by atoms with Crippen LogP contribution in [0.2, 0.25) is 5.02 Å². The van der Waals surface area contributed by atoms with Crippen LogP contribution in [-0.4, -0.2) is 43.4 Å². The van der Waals surface area contributed by atoms with Gasteiger partial charge in [-0.25, -0.2) is 9.79 Å². The molecule has 7 nitrogen and oxygen atoms in total. The predicted octanol–water partition coefficient (Wildman–Crippen LogP) is 3.29. The van der Waals surface area contributed by atoms with Crippen molar-refractivity contribution >= 4 is 40.7 Å². The molecule has 0 saturated carbocycles. The minimum atomic E-state index is -0.650. The average molecular weight is 524 g/mol. The Morgan fingerprint density at radius 1 is 1.17 bits per heavy atom. The summed E-state index contributed by atoms with van der Waals surface area (Å²) in [5.41, 5.74) is 3.50. The van der Waals surface area contributed by atoms with Gasteiger partial charge in [-0.1, -0.05) is 47.2 Å². The van der Waals surface area contributed by atoms with Crippen LogP contribution >= 0.6 is 22.9 Å². The number of morpholine rings is 1. The van der Waals surface area contributed by atoms with E-state index in [-0.39, 0.29) is 12.2 Å². The maximum atomic E-state index is 13.7. The van der Waals surface area contributed by atoms with E-state index in [9.17, 15) is 9.59 Å². The monoisotopic (exact) mass is 523 g/mol. The van der Waals surface area contributed by atoms with E-state index in [1.165, 1.54) is 11.3 Å². The number of esters is 1. The molecule has 1 fully saturated rings. The van der Waals surface area contributed by atoms with E-state index in [2.05, 4.69) is 22.0 Å². The van der Waals surface area contributed by atoms with Crippen LogP contribution in [0.25, 0.3) is 6.08 Å². The lowest BCUT2D eigenvalue weighted by molar-refractivity contribution is -0.139. The van der Waals surface area contributed by atoms with Crippen LogP contribution in [0.1, 0.15) is 31.0 Å². The molecule has 0 unspecified atom stereocenters. The largest absolute Gasteiger partial charge is 0.463 e. The van der Waals surface area contributed by atoms with Crippen molar-refractivity contribution < 1.29 is 14.3 Å². The normalized spacial score (nSPS) is 18.1. The van der Waals surface area contributed by atoms with Crippen molar-refractivity contribution in [3.05, 3.63) is 95.6 Å². The lowest BCUT2D eigenvalue weighted by Gasteiger charge is -2.28. The summed E-state index contributed by atoms with van der Waals surface area (Å²) in [5.74, 6) is -0.480. The zero-order valence-electron chi connectivity index (χ0n) is 20.1. The molecule has 9 heteroatoms. The fraction of sp³-hybridized carbons (Fsp3) is 0.296. The van der Waals surface area contributed by atoms with Crippen LogP contribution in [0.15, 0.2) is 69.6 Å². The molecule has 0 bridgehead atoms. The molecule has 36 heavy (non-hydrogen) atoms. The Labute approximate surface area is 217 Å². The molecule has 186 valence electrons. The van der Waals surface area contributed by atoms with Crippen molar-refractivity contribution in [2.24, 2.45) is 4.99 Å². The Morgan fingerprint density at radius 3 is 2.53 bits per heavy atom. The summed E-state index contributed by atoms with van der Waals surface area (Å²) >= 11 is 7.42. The third kappa shape index (κ3) is 4.76. The van der Waals surface area contributed by atoms with E-state index in [0.717, 1.165) is 43.1 Å². The molecule has 2 aliphatic heterocycles. The fourth-order valence-corrected chi connectivity index (χ4v) is 5.68. The maximum absolute atomic E-state index is 13.7. The second kappa shape index (κ2) is 10.4. The van der Waals surface area contributed by atoms with Crippen molar-refractivity contribution in [2.45, 2.75) is 19.9 Å². The second-order valence-corrected chi connectivity index (χ2v) is 9.99. The van der Waals surface area contributed by atoms with Crippen molar-refractivity contribution in [3.8, 4) is 0 Å². The van der Waals surface area contributed by atoms with E-state index >= 15 is 0 Å². The summed E-state index contributed by atoms with van der Waals surface area (Å²) in [6.07, 6.45) is 1.87. The first-order chi connectivity index (χ1) is 17.5. The third-order valence-electron chi connectivity index (χ3n) is 6.27. The Morgan fingerprint density at radius 2 is 1.86 bits per heavy atom.